The second kappa shape index (κ2) is 8.16. The summed E-state index contributed by atoms with van der Waals surface area (Å²) in [6, 6.07) is 28.6. The van der Waals surface area contributed by atoms with Gasteiger partial charge in [0, 0.05) is 39.4 Å². The van der Waals surface area contributed by atoms with E-state index in [1.807, 2.05) is 30.3 Å². The highest BCUT2D eigenvalue weighted by molar-refractivity contribution is 6.24. The number of non-ortho nitro benzene ring substituents is 1. The van der Waals surface area contributed by atoms with Gasteiger partial charge in [0.25, 0.3) is 5.69 Å². The number of hydrogen-bond acceptors (Lipinski definition) is 5. The Labute approximate surface area is 188 Å². The van der Waals surface area contributed by atoms with E-state index in [1.54, 1.807) is 12.1 Å². The molecule has 0 aliphatic carbocycles. The normalized spacial score (nSPS) is 10.9. The second-order valence-electron chi connectivity index (χ2n) is 7.61. The molecule has 0 bridgehead atoms. The minimum absolute atomic E-state index is 0.0748. The molecule has 5 aromatic carbocycles. The highest BCUT2D eigenvalue weighted by atomic mass is 16.6. The third-order valence-electron chi connectivity index (χ3n) is 5.68. The number of fused-ring (bicyclic) bond motifs is 7. The summed E-state index contributed by atoms with van der Waals surface area (Å²) in [7, 11) is 1.52. The van der Waals surface area contributed by atoms with E-state index in [-0.39, 0.29) is 5.69 Å². The minimum Gasteiger partial charge on any atom is -0.497 e. The number of nitro groups is 1. The van der Waals surface area contributed by atoms with Crippen molar-refractivity contribution in [2.24, 2.45) is 0 Å². The van der Waals surface area contributed by atoms with Crippen LogP contribution in [0.2, 0.25) is 0 Å². The van der Waals surface area contributed by atoms with Crippen LogP contribution in [-0.2, 0) is 0 Å². The van der Waals surface area contributed by atoms with Crippen LogP contribution in [0.3, 0.4) is 0 Å². The Bertz CT molecular complexity index is 1640. The highest BCUT2D eigenvalue weighted by Gasteiger charge is 2.14. The van der Waals surface area contributed by atoms with Crippen LogP contribution in [0.25, 0.3) is 43.5 Å². The molecule has 2 N–H and O–H groups in total. The van der Waals surface area contributed by atoms with Crippen molar-refractivity contribution in [2.45, 2.75) is 0 Å². The Hall–Kier alpha value is -4.58. The predicted octanol–water partition coefficient (Wildman–Crippen LogP) is 7.08. The lowest BCUT2D eigenvalue weighted by Crippen LogP contribution is -1.87. The smallest absolute Gasteiger partial charge is 0.269 e. The first-order valence-electron chi connectivity index (χ1n) is 10.4. The van der Waals surface area contributed by atoms with E-state index in [0.29, 0.717) is 5.75 Å². The Morgan fingerprint density at radius 2 is 1.48 bits per heavy atom. The molecule has 162 valence electrons. The monoisotopic (exact) mass is 436 g/mol. The number of methoxy groups -OCH3 is 1. The molecule has 0 unspecified atom stereocenters. The Morgan fingerprint density at radius 3 is 2.18 bits per heavy atom. The molecular formula is C27H20N2O4. The van der Waals surface area contributed by atoms with Gasteiger partial charge in [-0.2, -0.15) is 0 Å². The van der Waals surface area contributed by atoms with Gasteiger partial charge in [0.15, 0.2) is 0 Å². The van der Waals surface area contributed by atoms with Crippen molar-refractivity contribution < 1.29 is 14.1 Å². The van der Waals surface area contributed by atoms with Crippen molar-refractivity contribution in [1.29, 1.82) is 0 Å². The van der Waals surface area contributed by atoms with Crippen LogP contribution in [-0.4, -0.2) is 12.0 Å². The molecule has 0 amide bonds. The lowest BCUT2D eigenvalue weighted by molar-refractivity contribution is -0.384. The molecule has 1 aromatic heterocycles. The number of anilines is 1. The fourth-order valence-corrected chi connectivity index (χ4v) is 4.10. The average molecular weight is 436 g/mol. The summed E-state index contributed by atoms with van der Waals surface area (Å²) >= 11 is 0. The molecule has 0 aliphatic rings. The first kappa shape index (κ1) is 20.3. The summed E-state index contributed by atoms with van der Waals surface area (Å²) in [6.45, 7) is 0. The van der Waals surface area contributed by atoms with Gasteiger partial charge in [-0.15, -0.1) is 0 Å². The van der Waals surface area contributed by atoms with Gasteiger partial charge in [0.05, 0.1) is 12.0 Å². The van der Waals surface area contributed by atoms with Crippen molar-refractivity contribution in [2.75, 3.05) is 12.8 Å². The molecular weight excluding hydrogens is 416 g/mol. The zero-order valence-electron chi connectivity index (χ0n) is 17.8. The van der Waals surface area contributed by atoms with E-state index in [2.05, 4.69) is 36.4 Å². The number of hydrogen-bond donors (Lipinski definition) is 1. The van der Waals surface area contributed by atoms with E-state index in [0.717, 1.165) is 38.4 Å². The van der Waals surface area contributed by atoms with Gasteiger partial charge in [0.1, 0.15) is 16.9 Å². The summed E-state index contributed by atoms with van der Waals surface area (Å²) in [6.07, 6.45) is 0. The number of nitrogens with two attached hydrogens (primary N) is 1. The van der Waals surface area contributed by atoms with E-state index < -0.39 is 4.92 Å². The molecule has 6 rings (SSSR count). The largest absolute Gasteiger partial charge is 0.497 e. The van der Waals surface area contributed by atoms with Crippen molar-refractivity contribution in [3.8, 4) is 5.75 Å². The standard InChI is InChI=1S/C20H13NO.C7H7NO3/c21-17-11-16-19-13-6-2-1-5-12(13)9-10-18(19)22-20(16)15-8-4-3-7-14(15)17;1-11-7-4-2-6(3-5-7)8(9)10/h1-11H,21H2;2-5H,1H3. The summed E-state index contributed by atoms with van der Waals surface area (Å²) in [5, 5.41) is 16.9. The molecule has 0 spiro atoms. The number of nitro benzene ring substituents is 1. The van der Waals surface area contributed by atoms with E-state index in [4.69, 9.17) is 14.9 Å². The molecule has 0 atom stereocenters. The Morgan fingerprint density at radius 1 is 0.818 bits per heavy atom. The fourth-order valence-electron chi connectivity index (χ4n) is 4.10. The van der Waals surface area contributed by atoms with Crippen LogP contribution in [0, 0.1) is 10.1 Å². The average Bonchev–Trinajstić information content (AvgIpc) is 3.24. The van der Waals surface area contributed by atoms with Crippen LogP contribution in [0.5, 0.6) is 5.75 Å². The summed E-state index contributed by atoms with van der Waals surface area (Å²) in [4.78, 5) is 9.72. The van der Waals surface area contributed by atoms with Crippen LogP contribution < -0.4 is 10.5 Å². The lowest BCUT2D eigenvalue weighted by atomic mass is 10.0. The third-order valence-corrected chi connectivity index (χ3v) is 5.68. The van der Waals surface area contributed by atoms with Crippen LogP contribution >= 0.6 is 0 Å². The number of ether oxygens (including phenoxy) is 1. The molecule has 0 saturated carbocycles. The molecule has 6 heteroatoms. The van der Waals surface area contributed by atoms with Gasteiger partial charge >= 0.3 is 0 Å². The van der Waals surface area contributed by atoms with Gasteiger partial charge in [0.2, 0.25) is 0 Å². The zero-order valence-corrected chi connectivity index (χ0v) is 17.8. The maximum absolute atomic E-state index is 10.2. The molecule has 0 fully saturated rings. The quantitative estimate of drug-likeness (QED) is 0.178. The highest BCUT2D eigenvalue weighted by Crippen LogP contribution is 2.39. The van der Waals surface area contributed by atoms with Crippen LogP contribution in [0.4, 0.5) is 11.4 Å². The maximum Gasteiger partial charge on any atom is 0.269 e. The summed E-state index contributed by atoms with van der Waals surface area (Å²) in [5.41, 5.74) is 8.96. The van der Waals surface area contributed by atoms with Gasteiger partial charge in [-0.3, -0.25) is 10.1 Å². The molecule has 6 nitrogen and oxygen atoms in total. The number of rotatable bonds is 2. The number of nitrogens with zero attached hydrogens (tertiary/aromatic N) is 1. The van der Waals surface area contributed by atoms with Crippen LogP contribution in [0.1, 0.15) is 0 Å². The van der Waals surface area contributed by atoms with Gasteiger partial charge in [-0.05, 0) is 35.0 Å². The van der Waals surface area contributed by atoms with Crippen LogP contribution in [0.15, 0.2) is 95.4 Å². The second-order valence-corrected chi connectivity index (χ2v) is 7.61. The number of furan rings is 1. The zero-order chi connectivity index (χ0) is 22.9. The number of benzene rings is 5. The maximum atomic E-state index is 10.2. The molecule has 6 aromatic rings. The summed E-state index contributed by atoms with van der Waals surface area (Å²) < 4.78 is 11.0. The fraction of sp³-hybridized carbons (Fsp3) is 0.0370. The van der Waals surface area contributed by atoms with Gasteiger partial charge in [-0.25, -0.2) is 0 Å². The van der Waals surface area contributed by atoms with Crippen molar-refractivity contribution in [1.82, 2.24) is 0 Å². The molecule has 1 heterocycles. The molecule has 0 radical (unpaired) electrons. The topological polar surface area (TPSA) is 91.5 Å². The molecule has 33 heavy (non-hydrogen) atoms. The Balaban J connectivity index is 0.000000177. The van der Waals surface area contributed by atoms with E-state index >= 15 is 0 Å². The lowest BCUT2D eigenvalue weighted by Gasteiger charge is -2.03. The van der Waals surface area contributed by atoms with Crippen molar-refractivity contribution in [3.63, 3.8) is 0 Å². The number of nitrogen functional groups attached to an aromatic ring is 1. The third kappa shape index (κ3) is 3.57. The van der Waals surface area contributed by atoms with Crippen molar-refractivity contribution >= 4 is 54.9 Å². The summed E-state index contributed by atoms with van der Waals surface area (Å²) in [5.74, 6) is 0.621. The minimum atomic E-state index is -0.445. The van der Waals surface area contributed by atoms with Crippen molar-refractivity contribution in [3.05, 3.63) is 101 Å². The molecule has 0 aliphatic heterocycles. The first-order chi connectivity index (χ1) is 16.1. The van der Waals surface area contributed by atoms with E-state index in [9.17, 15) is 10.1 Å². The SMILES string of the molecule is COc1ccc([N+](=O)[O-])cc1.Nc1cc2c(oc3ccc4ccccc4c32)c2ccccc12. The van der Waals surface area contributed by atoms with Gasteiger partial charge < -0.3 is 14.9 Å². The molecule has 0 saturated heterocycles. The predicted molar refractivity (Wildman–Crippen MR) is 133 cm³/mol. The van der Waals surface area contributed by atoms with E-state index in [1.165, 1.54) is 30.0 Å². The van der Waals surface area contributed by atoms with Gasteiger partial charge in [-0.1, -0.05) is 54.6 Å². The Kier molecular flexibility index (Phi) is 5.03. The first-order valence-corrected chi connectivity index (χ1v) is 10.4.